The molecule has 0 aliphatic heterocycles. The summed E-state index contributed by atoms with van der Waals surface area (Å²) in [5, 5.41) is 3.68. The van der Waals surface area contributed by atoms with Gasteiger partial charge in [0, 0.05) is 6.04 Å². The molecule has 0 spiro atoms. The van der Waals surface area contributed by atoms with Crippen molar-refractivity contribution in [3.8, 4) is 0 Å². The fraction of sp³-hybridized carbons (Fsp3) is 1.00. The topological polar surface area (TPSA) is 15.3 Å². The van der Waals surface area contributed by atoms with E-state index in [0.717, 1.165) is 12.5 Å². The summed E-state index contributed by atoms with van der Waals surface area (Å²) < 4.78 is 0. The standard InChI is InChI=1S/C13H30N2/c1-6-8-12(3)13(14-10-7-2)9-11-15(4)5/h12-14H,6-11H2,1-5H3. The first kappa shape index (κ1) is 14.9. The van der Waals surface area contributed by atoms with Crippen LogP contribution in [0.25, 0.3) is 0 Å². The Morgan fingerprint density at radius 3 is 2.20 bits per heavy atom. The Bertz CT molecular complexity index is 134. The van der Waals surface area contributed by atoms with Gasteiger partial charge in [-0.2, -0.15) is 0 Å². The van der Waals surface area contributed by atoms with Crippen LogP contribution in [0.4, 0.5) is 0 Å². The molecule has 0 rings (SSSR count). The van der Waals surface area contributed by atoms with Gasteiger partial charge in [0.2, 0.25) is 0 Å². The summed E-state index contributed by atoms with van der Waals surface area (Å²) in [4.78, 5) is 2.28. The second kappa shape index (κ2) is 9.17. The molecule has 0 radical (unpaired) electrons. The molecule has 0 fully saturated rings. The lowest BCUT2D eigenvalue weighted by Crippen LogP contribution is -2.37. The Balaban J connectivity index is 3.92. The monoisotopic (exact) mass is 214 g/mol. The number of hydrogen-bond donors (Lipinski definition) is 1. The number of nitrogens with one attached hydrogen (secondary N) is 1. The summed E-state index contributed by atoms with van der Waals surface area (Å²) >= 11 is 0. The van der Waals surface area contributed by atoms with Crippen molar-refractivity contribution in [1.82, 2.24) is 10.2 Å². The fourth-order valence-electron chi connectivity index (χ4n) is 1.97. The van der Waals surface area contributed by atoms with Crippen LogP contribution in [0, 0.1) is 5.92 Å². The molecule has 0 amide bonds. The molecule has 2 unspecified atom stereocenters. The van der Waals surface area contributed by atoms with E-state index in [2.05, 4.69) is 45.1 Å². The van der Waals surface area contributed by atoms with Crippen LogP contribution >= 0.6 is 0 Å². The van der Waals surface area contributed by atoms with Crippen molar-refractivity contribution in [3.63, 3.8) is 0 Å². The van der Waals surface area contributed by atoms with Crippen molar-refractivity contribution < 1.29 is 0 Å². The maximum absolute atomic E-state index is 3.68. The highest BCUT2D eigenvalue weighted by Gasteiger charge is 2.15. The first-order chi connectivity index (χ1) is 7.11. The van der Waals surface area contributed by atoms with Crippen LogP contribution in [0.2, 0.25) is 0 Å². The molecule has 0 aromatic heterocycles. The lowest BCUT2D eigenvalue weighted by molar-refractivity contribution is 0.294. The van der Waals surface area contributed by atoms with Gasteiger partial charge in [0.15, 0.2) is 0 Å². The molecule has 0 aromatic rings. The summed E-state index contributed by atoms with van der Waals surface area (Å²) in [6, 6.07) is 0.701. The molecule has 2 atom stereocenters. The fourth-order valence-corrected chi connectivity index (χ4v) is 1.97. The zero-order valence-corrected chi connectivity index (χ0v) is 11.3. The first-order valence-corrected chi connectivity index (χ1v) is 6.49. The summed E-state index contributed by atoms with van der Waals surface area (Å²) in [5.41, 5.74) is 0. The van der Waals surface area contributed by atoms with Gasteiger partial charge in [-0.1, -0.05) is 27.2 Å². The van der Waals surface area contributed by atoms with Gasteiger partial charge in [0.25, 0.3) is 0 Å². The predicted octanol–water partition coefficient (Wildman–Crippen LogP) is 2.74. The highest BCUT2D eigenvalue weighted by atomic mass is 15.1. The van der Waals surface area contributed by atoms with E-state index >= 15 is 0 Å². The summed E-state index contributed by atoms with van der Waals surface area (Å²) in [5.74, 6) is 0.807. The normalized spacial score (nSPS) is 15.6. The second-order valence-electron chi connectivity index (χ2n) is 4.92. The SMILES string of the molecule is CCCNC(CCN(C)C)C(C)CCC. The van der Waals surface area contributed by atoms with E-state index in [-0.39, 0.29) is 0 Å². The van der Waals surface area contributed by atoms with Gasteiger partial charge < -0.3 is 10.2 Å². The second-order valence-corrected chi connectivity index (χ2v) is 4.92. The van der Waals surface area contributed by atoms with Crippen LogP contribution in [0.1, 0.15) is 46.5 Å². The van der Waals surface area contributed by atoms with Crippen molar-refractivity contribution in [3.05, 3.63) is 0 Å². The molecular weight excluding hydrogens is 184 g/mol. The van der Waals surface area contributed by atoms with E-state index in [1.54, 1.807) is 0 Å². The van der Waals surface area contributed by atoms with Gasteiger partial charge >= 0.3 is 0 Å². The maximum Gasteiger partial charge on any atom is 0.0105 e. The third-order valence-electron chi connectivity index (χ3n) is 2.97. The zero-order chi connectivity index (χ0) is 11.7. The van der Waals surface area contributed by atoms with E-state index in [4.69, 9.17) is 0 Å². The average molecular weight is 214 g/mol. The molecule has 0 aliphatic carbocycles. The quantitative estimate of drug-likeness (QED) is 0.635. The van der Waals surface area contributed by atoms with Crippen LogP contribution in [0.3, 0.4) is 0 Å². The molecule has 2 nitrogen and oxygen atoms in total. The van der Waals surface area contributed by atoms with Crippen molar-refractivity contribution in [2.24, 2.45) is 5.92 Å². The van der Waals surface area contributed by atoms with Gasteiger partial charge in [-0.3, -0.25) is 0 Å². The molecule has 0 bridgehead atoms. The molecule has 15 heavy (non-hydrogen) atoms. The van der Waals surface area contributed by atoms with E-state index in [1.807, 2.05) is 0 Å². The van der Waals surface area contributed by atoms with Gasteiger partial charge in [-0.25, -0.2) is 0 Å². The summed E-state index contributed by atoms with van der Waals surface area (Å²) in [6.07, 6.45) is 5.15. The Hall–Kier alpha value is -0.0800. The molecule has 0 heterocycles. The molecule has 1 N–H and O–H groups in total. The molecule has 0 aromatic carbocycles. The predicted molar refractivity (Wildman–Crippen MR) is 69.3 cm³/mol. The maximum atomic E-state index is 3.68. The minimum atomic E-state index is 0.701. The van der Waals surface area contributed by atoms with Crippen LogP contribution in [-0.2, 0) is 0 Å². The largest absolute Gasteiger partial charge is 0.314 e. The smallest absolute Gasteiger partial charge is 0.0105 e. The van der Waals surface area contributed by atoms with Crippen molar-refractivity contribution in [2.45, 2.75) is 52.5 Å². The van der Waals surface area contributed by atoms with E-state index in [0.29, 0.717) is 6.04 Å². The van der Waals surface area contributed by atoms with Gasteiger partial charge in [0.05, 0.1) is 0 Å². The van der Waals surface area contributed by atoms with Crippen LogP contribution in [0.15, 0.2) is 0 Å². The first-order valence-electron chi connectivity index (χ1n) is 6.49. The van der Waals surface area contributed by atoms with Crippen molar-refractivity contribution >= 4 is 0 Å². The average Bonchev–Trinajstić information content (AvgIpc) is 2.17. The van der Waals surface area contributed by atoms with E-state index < -0.39 is 0 Å². The minimum absolute atomic E-state index is 0.701. The Morgan fingerprint density at radius 1 is 1.07 bits per heavy atom. The lowest BCUT2D eigenvalue weighted by Gasteiger charge is -2.26. The molecule has 0 saturated heterocycles. The van der Waals surface area contributed by atoms with Crippen molar-refractivity contribution in [1.29, 1.82) is 0 Å². The molecule has 92 valence electrons. The highest BCUT2D eigenvalue weighted by molar-refractivity contribution is 4.74. The Labute approximate surface area is 96.4 Å². The number of rotatable bonds is 9. The summed E-state index contributed by atoms with van der Waals surface area (Å²) in [6.45, 7) is 9.24. The molecule has 0 aliphatic rings. The van der Waals surface area contributed by atoms with Crippen LogP contribution in [-0.4, -0.2) is 38.1 Å². The van der Waals surface area contributed by atoms with Gasteiger partial charge in [-0.05, 0) is 52.4 Å². The number of nitrogens with zero attached hydrogens (tertiary/aromatic N) is 1. The Morgan fingerprint density at radius 2 is 1.73 bits per heavy atom. The van der Waals surface area contributed by atoms with Gasteiger partial charge in [-0.15, -0.1) is 0 Å². The lowest BCUT2D eigenvalue weighted by atomic mass is 9.94. The highest BCUT2D eigenvalue weighted by Crippen LogP contribution is 2.13. The zero-order valence-electron chi connectivity index (χ0n) is 11.3. The van der Waals surface area contributed by atoms with Crippen LogP contribution in [0.5, 0.6) is 0 Å². The van der Waals surface area contributed by atoms with Gasteiger partial charge in [0.1, 0.15) is 0 Å². The van der Waals surface area contributed by atoms with E-state index in [1.165, 1.54) is 32.2 Å². The molecule has 0 saturated carbocycles. The Kier molecular flexibility index (Phi) is 9.12. The number of hydrogen-bond acceptors (Lipinski definition) is 2. The minimum Gasteiger partial charge on any atom is -0.314 e. The van der Waals surface area contributed by atoms with Crippen molar-refractivity contribution in [2.75, 3.05) is 27.2 Å². The third-order valence-corrected chi connectivity index (χ3v) is 2.97. The molecular formula is C13H30N2. The summed E-state index contributed by atoms with van der Waals surface area (Å²) in [7, 11) is 4.31. The molecule has 2 heteroatoms. The third kappa shape index (κ3) is 7.80. The van der Waals surface area contributed by atoms with E-state index in [9.17, 15) is 0 Å². The van der Waals surface area contributed by atoms with Crippen LogP contribution < -0.4 is 5.32 Å².